The Hall–Kier alpha value is -2.77. The zero-order chi connectivity index (χ0) is 19.1. The number of nitrogens with zero attached hydrogens (tertiary/aromatic N) is 4. The van der Waals surface area contributed by atoms with Gasteiger partial charge in [0.25, 0.3) is 11.8 Å². The second kappa shape index (κ2) is 9.07. The van der Waals surface area contributed by atoms with Gasteiger partial charge in [-0.15, -0.1) is 0 Å². The molecule has 1 aliphatic rings. The maximum absolute atomic E-state index is 12.6. The summed E-state index contributed by atoms with van der Waals surface area (Å²) in [5.74, 6) is -1.19. The molecule has 0 aromatic heterocycles. The first kappa shape index (κ1) is 19.6. The Morgan fingerprint density at radius 2 is 1.42 bits per heavy atom. The fraction of sp³-hybridized carbons (Fsp3) is 0.500. The molecule has 1 N–H and O–H groups in total. The molecule has 0 saturated carbocycles. The smallest absolute Gasteiger partial charge is 0.333 e. The molecule has 0 aliphatic carbocycles. The van der Waals surface area contributed by atoms with E-state index in [9.17, 15) is 19.5 Å². The van der Waals surface area contributed by atoms with E-state index in [4.69, 9.17) is 0 Å². The number of urea groups is 1. The summed E-state index contributed by atoms with van der Waals surface area (Å²) >= 11 is 0. The highest BCUT2D eigenvalue weighted by Crippen LogP contribution is 2.21. The van der Waals surface area contributed by atoms with E-state index in [2.05, 4.69) is 10.2 Å². The molecule has 2 rings (SSSR count). The molecular weight excluding hydrogens is 336 g/mol. The Bertz CT molecular complexity index is 657. The van der Waals surface area contributed by atoms with Crippen LogP contribution in [0.2, 0.25) is 0 Å². The molecule has 8 nitrogen and oxygen atoms in total. The third kappa shape index (κ3) is 4.44. The molecule has 8 heteroatoms. The van der Waals surface area contributed by atoms with Crippen LogP contribution in [0.4, 0.5) is 10.5 Å². The van der Waals surface area contributed by atoms with E-state index in [-0.39, 0.29) is 18.8 Å². The minimum absolute atomic E-state index is 0.0795. The molecular formula is C18H24N4O4. The number of azo groups is 1. The molecule has 1 saturated heterocycles. The molecule has 1 heterocycles. The van der Waals surface area contributed by atoms with Gasteiger partial charge in [-0.2, -0.15) is 10.2 Å². The minimum Gasteiger partial charge on any atom is -0.508 e. The van der Waals surface area contributed by atoms with E-state index in [1.54, 1.807) is 0 Å². The second-order valence-corrected chi connectivity index (χ2v) is 6.10. The van der Waals surface area contributed by atoms with Gasteiger partial charge in [0, 0.05) is 13.1 Å². The summed E-state index contributed by atoms with van der Waals surface area (Å²) in [7, 11) is 0. The lowest BCUT2D eigenvalue weighted by Gasteiger charge is -2.35. The fourth-order valence-electron chi connectivity index (χ4n) is 2.52. The fourth-order valence-corrected chi connectivity index (χ4v) is 2.52. The normalized spacial score (nSPS) is 16.2. The van der Waals surface area contributed by atoms with E-state index in [0.29, 0.717) is 18.5 Å². The number of unbranched alkanes of at least 4 members (excludes halogenated alkanes) is 2. The maximum atomic E-state index is 12.6. The molecule has 4 amide bonds. The molecule has 0 spiro atoms. The number of carbonyl (C=O) groups excluding carboxylic acids is 3. The summed E-state index contributed by atoms with van der Waals surface area (Å²) in [4.78, 5) is 39.9. The van der Waals surface area contributed by atoms with Crippen molar-refractivity contribution in [2.75, 3.05) is 13.1 Å². The van der Waals surface area contributed by atoms with Gasteiger partial charge in [-0.3, -0.25) is 19.4 Å². The van der Waals surface area contributed by atoms with Gasteiger partial charge in [-0.1, -0.05) is 26.7 Å². The number of barbiturate groups is 1. The van der Waals surface area contributed by atoms with Crippen LogP contribution in [0.1, 0.15) is 39.5 Å². The lowest BCUT2D eigenvalue weighted by Crippen LogP contribution is -2.61. The monoisotopic (exact) mass is 360 g/mol. The van der Waals surface area contributed by atoms with Crippen LogP contribution in [0, 0.1) is 0 Å². The first-order chi connectivity index (χ1) is 12.5. The third-order valence-corrected chi connectivity index (χ3v) is 4.07. The predicted molar refractivity (Wildman–Crippen MR) is 95.0 cm³/mol. The molecule has 1 aromatic carbocycles. The largest absolute Gasteiger partial charge is 0.508 e. The summed E-state index contributed by atoms with van der Waals surface area (Å²) in [6.07, 6.45) is 2.96. The van der Waals surface area contributed by atoms with Gasteiger partial charge in [-0.25, -0.2) is 4.79 Å². The zero-order valence-corrected chi connectivity index (χ0v) is 15.1. The summed E-state index contributed by atoms with van der Waals surface area (Å²) in [6, 6.07) is 3.98. The highest BCUT2D eigenvalue weighted by atomic mass is 16.3. The average molecular weight is 360 g/mol. The van der Waals surface area contributed by atoms with E-state index in [1.807, 2.05) is 13.8 Å². The Balaban J connectivity index is 2.25. The molecule has 1 aliphatic heterocycles. The van der Waals surface area contributed by atoms with Crippen molar-refractivity contribution in [3.05, 3.63) is 24.3 Å². The minimum atomic E-state index is -1.35. The number of aromatic hydroxyl groups is 1. The van der Waals surface area contributed by atoms with Crippen LogP contribution >= 0.6 is 0 Å². The number of hydrogen-bond acceptors (Lipinski definition) is 6. The number of amides is 4. The quantitative estimate of drug-likeness (QED) is 0.568. The third-order valence-electron chi connectivity index (χ3n) is 4.07. The average Bonchev–Trinajstić information content (AvgIpc) is 2.63. The molecule has 1 fully saturated rings. The SMILES string of the molecule is CCCCN1C(=O)C(N=Nc2ccc(O)cc2)C(=O)N(CCCC)C1=O. The Kier molecular flexibility index (Phi) is 6.82. The number of phenols is 1. The van der Waals surface area contributed by atoms with Crippen LogP contribution in [0.5, 0.6) is 5.75 Å². The molecule has 140 valence electrons. The van der Waals surface area contributed by atoms with Gasteiger partial charge in [0.05, 0.1) is 5.69 Å². The predicted octanol–water partition coefficient (Wildman–Crippen LogP) is 3.24. The van der Waals surface area contributed by atoms with E-state index in [1.165, 1.54) is 24.3 Å². The highest BCUT2D eigenvalue weighted by molar-refractivity contribution is 6.18. The first-order valence-corrected chi connectivity index (χ1v) is 8.86. The van der Waals surface area contributed by atoms with Gasteiger partial charge < -0.3 is 5.11 Å². The molecule has 26 heavy (non-hydrogen) atoms. The van der Waals surface area contributed by atoms with E-state index >= 15 is 0 Å². The Morgan fingerprint density at radius 3 is 1.88 bits per heavy atom. The van der Waals surface area contributed by atoms with Crippen LogP contribution in [-0.2, 0) is 9.59 Å². The van der Waals surface area contributed by atoms with Crippen molar-refractivity contribution in [3.63, 3.8) is 0 Å². The van der Waals surface area contributed by atoms with Gasteiger partial charge >= 0.3 is 6.03 Å². The van der Waals surface area contributed by atoms with E-state index in [0.717, 1.165) is 22.6 Å². The lowest BCUT2D eigenvalue weighted by molar-refractivity contribution is -0.144. The number of hydrogen-bond donors (Lipinski definition) is 1. The van der Waals surface area contributed by atoms with Crippen molar-refractivity contribution in [2.24, 2.45) is 10.2 Å². The number of carbonyl (C=O) groups is 3. The van der Waals surface area contributed by atoms with Crippen LogP contribution in [0.3, 0.4) is 0 Å². The summed E-state index contributed by atoms with van der Waals surface area (Å²) < 4.78 is 0. The summed E-state index contributed by atoms with van der Waals surface area (Å²) in [5, 5.41) is 17.1. The molecule has 1 aromatic rings. The number of phenolic OH excluding ortho intramolecular Hbond substituents is 1. The number of benzene rings is 1. The van der Waals surface area contributed by atoms with Crippen molar-refractivity contribution in [2.45, 2.75) is 45.6 Å². The van der Waals surface area contributed by atoms with Crippen LogP contribution in [0.25, 0.3) is 0 Å². The molecule has 0 bridgehead atoms. The zero-order valence-electron chi connectivity index (χ0n) is 15.1. The topological polar surface area (TPSA) is 103 Å². The Morgan fingerprint density at radius 1 is 0.923 bits per heavy atom. The molecule has 0 radical (unpaired) electrons. The van der Waals surface area contributed by atoms with Crippen molar-refractivity contribution in [1.82, 2.24) is 9.80 Å². The highest BCUT2D eigenvalue weighted by Gasteiger charge is 2.45. The maximum Gasteiger partial charge on any atom is 0.333 e. The number of rotatable bonds is 8. The van der Waals surface area contributed by atoms with Crippen molar-refractivity contribution in [1.29, 1.82) is 0 Å². The van der Waals surface area contributed by atoms with Gasteiger partial charge in [-0.05, 0) is 37.1 Å². The van der Waals surface area contributed by atoms with Crippen molar-refractivity contribution < 1.29 is 19.5 Å². The summed E-state index contributed by atoms with van der Waals surface area (Å²) in [6.45, 7) is 4.44. The van der Waals surface area contributed by atoms with Gasteiger partial charge in [0.1, 0.15) is 5.75 Å². The van der Waals surface area contributed by atoms with Gasteiger partial charge in [0.2, 0.25) is 6.04 Å². The Labute approximate surface area is 152 Å². The van der Waals surface area contributed by atoms with Crippen molar-refractivity contribution >= 4 is 23.5 Å². The second-order valence-electron chi connectivity index (χ2n) is 6.10. The molecule has 0 atom stereocenters. The summed E-state index contributed by atoms with van der Waals surface area (Å²) in [5.41, 5.74) is 0.403. The van der Waals surface area contributed by atoms with E-state index < -0.39 is 23.9 Å². The standard InChI is InChI=1S/C18H24N4O4/c1-3-5-11-21-16(24)15(17(25)22(18(21)26)12-6-4-2)20-19-13-7-9-14(23)10-8-13/h7-10,15,23H,3-6,11-12H2,1-2H3. The van der Waals surface area contributed by atoms with Crippen molar-refractivity contribution in [3.8, 4) is 5.75 Å². The van der Waals surface area contributed by atoms with Gasteiger partial charge in [0.15, 0.2) is 0 Å². The lowest BCUT2D eigenvalue weighted by atomic mass is 10.1. The number of imide groups is 2. The van der Waals surface area contributed by atoms with Crippen LogP contribution < -0.4 is 0 Å². The molecule has 0 unspecified atom stereocenters. The van der Waals surface area contributed by atoms with Crippen LogP contribution in [0.15, 0.2) is 34.5 Å². The van der Waals surface area contributed by atoms with Crippen LogP contribution in [-0.4, -0.2) is 51.9 Å². The first-order valence-electron chi connectivity index (χ1n) is 8.86.